The van der Waals surface area contributed by atoms with Crippen molar-refractivity contribution in [2.75, 3.05) is 10.6 Å². The summed E-state index contributed by atoms with van der Waals surface area (Å²) in [6.45, 7) is 0. The van der Waals surface area contributed by atoms with Crippen molar-refractivity contribution in [2.45, 2.75) is 0 Å². The van der Waals surface area contributed by atoms with E-state index < -0.39 is 4.92 Å². The van der Waals surface area contributed by atoms with Crippen LogP contribution >= 0.6 is 31.9 Å². The first kappa shape index (κ1) is 19.3. The molecule has 1 heterocycles. The highest BCUT2D eigenvalue weighted by Gasteiger charge is 2.18. The van der Waals surface area contributed by atoms with Gasteiger partial charge in [-0.15, -0.1) is 0 Å². The molecule has 0 amide bonds. The van der Waals surface area contributed by atoms with Gasteiger partial charge in [-0.1, -0.05) is 44.0 Å². The monoisotopic (exact) mass is 513 g/mol. The second-order valence-corrected chi connectivity index (χ2v) is 7.97. The average Bonchev–Trinajstić information content (AvgIpc) is 2.67. The first-order chi connectivity index (χ1) is 14.0. The van der Waals surface area contributed by atoms with Crippen LogP contribution in [0.3, 0.4) is 0 Å². The minimum Gasteiger partial charge on any atom is -0.350 e. The lowest BCUT2D eigenvalue weighted by molar-refractivity contribution is -0.383. The largest absolute Gasteiger partial charge is 0.350 e. The second-order valence-electron chi connectivity index (χ2n) is 6.14. The molecule has 0 unspecified atom stereocenters. The molecule has 9 heteroatoms. The highest BCUT2D eigenvalue weighted by atomic mass is 79.9. The summed E-state index contributed by atoms with van der Waals surface area (Å²) in [4.78, 5) is 19.9. The van der Waals surface area contributed by atoms with Crippen molar-refractivity contribution in [2.24, 2.45) is 0 Å². The first-order valence-corrected chi connectivity index (χ1v) is 10.1. The molecule has 0 fully saturated rings. The van der Waals surface area contributed by atoms with Gasteiger partial charge >= 0.3 is 0 Å². The lowest BCUT2D eigenvalue weighted by Crippen LogP contribution is -2.00. The number of hydrogen-bond donors (Lipinski definition) is 2. The number of nitrogens with zero attached hydrogens (tertiary/aromatic N) is 3. The Balaban J connectivity index is 1.79. The maximum atomic E-state index is 11.7. The summed E-state index contributed by atoms with van der Waals surface area (Å²) in [6.07, 6.45) is 1.43. The molecule has 2 N–H and O–H groups in total. The molecule has 144 valence electrons. The number of halogens is 2. The van der Waals surface area contributed by atoms with Crippen molar-refractivity contribution in [3.05, 3.63) is 86.1 Å². The van der Waals surface area contributed by atoms with Gasteiger partial charge in [0.25, 0.3) is 5.69 Å². The van der Waals surface area contributed by atoms with Gasteiger partial charge in [0.15, 0.2) is 0 Å². The average molecular weight is 515 g/mol. The fourth-order valence-electron chi connectivity index (χ4n) is 2.87. The third kappa shape index (κ3) is 4.36. The van der Waals surface area contributed by atoms with Gasteiger partial charge in [-0.3, -0.25) is 10.1 Å². The van der Waals surface area contributed by atoms with Crippen LogP contribution in [0.25, 0.3) is 10.9 Å². The van der Waals surface area contributed by atoms with Gasteiger partial charge in [-0.05, 0) is 42.5 Å². The SMILES string of the molecule is O=[N+]([O-])c1cc2c(Nc3cccc(Br)c3)ncnc2cc1Nc1cccc(Br)c1. The highest BCUT2D eigenvalue weighted by molar-refractivity contribution is 9.10. The summed E-state index contributed by atoms with van der Waals surface area (Å²) >= 11 is 6.83. The van der Waals surface area contributed by atoms with Gasteiger partial charge in [0.05, 0.1) is 10.4 Å². The number of anilines is 4. The summed E-state index contributed by atoms with van der Waals surface area (Å²) in [6, 6.07) is 18.1. The van der Waals surface area contributed by atoms with E-state index in [4.69, 9.17) is 0 Å². The number of nitrogens with one attached hydrogen (secondary N) is 2. The van der Waals surface area contributed by atoms with E-state index >= 15 is 0 Å². The van der Waals surface area contributed by atoms with Crippen molar-refractivity contribution in [1.82, 2.24) is 9.97 Å². The Morgan fingerprint density at radius 2 is 1.52 bits per heavy atom. The zero-order valence-electron chi connectivity index (χ0n) is 14.8. The molecule has 0 aliphatic rings. The smallest absolute Gasteiger partial charge is 0.293 e. The molecular weight excluding hydrogens is 502 g/mol. The molecule has 0 radical (unpaired) electrons. The number of rotatable bonds is 5. The second kappa shape index (κ2) is 8.14. The summed E-state index contributed by atoms with van der Waals surface area (Å²) in [5.74, 6) is 0.491. The Kier molecular flexibility index (Phi) is 5.41. The zero-order valence-corrected chi connectivity index (χ0v) is 17.9. The minimum atomic E-state index is -0.421. The fraction of sp³-hybridized carbons (Fsp3) is 0. The third-order valence-electron chi connectivity index (χ3n) is 4.14. The molecule has 0 bridgehead atoms. The molecule has 3 aromatic carbocycles. The van der Waals surface area contributed by atoms with Gasteiger partial charge < -0.3 is 10.6 Å². The molecule has 0 aliphatic carbocycles. The summed E-state index contributed by atoms with van der Waals surface area (Å²) in [7, 11) is 0. The van der Waals surface area contributed by atoms with Gasteiger partial charge in [-0.2, -0.15) is 0 Å². The van der Waals surface area contributed by atoms with E-state index in [1.807, 2.05) is 48.5 Å². The molecule has 29 heavy (non-hydrogen) atoms. The molecule has 1 aromatic heterocycles. The van der Waals surface area contributed by atoms with E-state index in [9.17, 15) is 10.1 Å². The van der Waals surface area contributed by atoms with Crippen LogP contribution in [0.4, 0.5) is 28.6 Å². The Labute approximate surface area is 182 Å². The summed E-state index contributed by atoms with van der Waals surface area (Å²) in [5.41, 5.74) is 2.40. The van der Waals surface area contributed by atoms with Crippen molar-refractivity contribution in [3.63, 3.8) is 0 Å². The number of nitro benzene ring substituents is 1. The Hall–Kier alpha value is -3.04. The maximum Gasteiger partial charge on any atom is 0.293 e. The number of benzene rings is 3. The maximum absolute atomic E-state index is 11.7. The fourth-order valence-corrected chi connectivity index (χ4v) is 3.67. The van der Waals surface area contributed by atoms with Crippen molar-refractivity contribution in [3.8, 4) is 0 Å². The number of aromatic nitrogens is 2. The Morgan fingerprint density at radius 3 is 2.14 bits per heavy atom. The van der Waals surface area contributed by atoms with E-state index in [0.717, 1.165) is 20.3 Å². The van der Waals surface area contributed by atoms with Crippen LogP contribution in [0.2, 0.25) is 0 Å². The normalized spacial score (nSPS) is 10.7. The summed E-state index contributed by atoms with van der Waals surface area (Å²) < 4.78 is 1.78. The highest BCUT2D eigenvalue weighted by Crippen LogP contribution is 2.35. The van der Waals surface area contributed by atoms with Crippen LogP contribution < -0.4 is 10.6 Å². The number of nitro groups is 1. The van der Waals surface area contributed by atoms with E-state index in [2.05, 4.69) is 52.5 Å². The predicted molar refractivity (Wildman–Crippen MR) is 121 cm³/mol. The number of fused-ring (bicyclic) bond motifs is 1. The van der Waals surface area contributed by atoms with Crippen LogP contribution in [0, 0.1) is 10.1 Å². The van der Waals surface area contributed by atoms with Gasteiger partial charge in [0.2, 0.25) is 0 Å². The minimum absolute atomic E-state index is 0.0652. The molecule has 0 atom stereocenters. The summed E-state index contributed by atoms with van der Waals surface area (Å²) in [5, 5.41) is 18.6. The van der Waals surface area contributed by atoms with Crippen molar-refractivity contribution < 1.29 is 4.92 Å². The Morgan fingerprint density at radius 1 is 0.862 bits per heavy atom. The van der Waals surface area contributed by atoms with Crippen molar-refractivity contribution >= 4 is 71.3 Å². The third-order valence-corrected chi connectivity index (χ3v) is 5.13. The van der Waals surface area contributed by atoms with Gasteiger partial charge in [0.1, 0.15) is 17.8 Å². The lowest BCUT2D eigenvalue weighted by Gasteiger charge is -2.12. The first-order valence-electron chi connectivity index (χ1n) is 8.48. The Bertz CT molecular complexity index is 1230. The van der Waals surface area contributed by atoms with Gasteiger partial charge in [-0.25, -0.2) is 9.97 Å². The van der Waals surface area contributed by atoms with E-state index in [1.165, 1.54) is 12.4 Å². The topological polar surface area (TPSA) is 93.0 Å². The quantitative estimate of drug-likeness (QED) is 0.231. The van der Waals surface area contributed by atoms with Crippen LogP contribution in [0.15, 0.2) is 75.9 Å². The molecular formula is C20H13Br2N5O2. The van der Waals surface area contributed by atoms with Crippen LogP contribution in [0.5, 0.6) is 0 Å². The molecule has 0 spiro atoms. The molecule has 4 rings (SSSR count). The molecule has 0 aliphatic heterocycles. The van der Waals surface area contributed by atoms with E-state index in [0.29, 0.717) is 22.4 Å². The van der Waals surface area contributed by atoms with E-state index in [1.54, 1.807) is 6.07 Å². The number of hydrogen-bond acceptors (Lipinski definition) is 6. The van der Waals surface area contributed by atoms with Gasteiger partial charge in [0, 0.05) is 31.8 Å². The lowest BCUT2D eigenvalue weighted by atomic mass is 10.1. The van der Waals surface area contributed by atoms with Crippen LogP contribution in [-0.2, 0) is 0 Å². The van der Waals surface area contributed by atoms with Crippen LogP contribution in [-0.4, -0.2) is 14.9 Å². The standard InChI is InChI=1S/C20H13Br2N5O2/c21-12-3-1-5-14(7-12)25-18-10-17-16(9-19(18)27(28)29)20(24-11-23-17)26-15-6-2-4-13(22)8-15/h1-11,25H,(H,23,24,26). The van der Waals surface area contributed by atoms with Crippen molar-refractivity contribution in [1.29, 1.82) is 0 Å². The molecule has 0 saturated carbocycles. The molecule has 4 aromatic rings. The molecule has 7 nitrogen and oxygen atoms in total. The van der Waals surface area contributed by atoms with E-state index in [-0.39, 0.29) is 5.69 Å². The zero-order chi connectivity index (χ0) is 20.4. The van der Waals surface area contributed by atoms with Crippen LogP contribution in [0.1, 0.15) is 0 Å². The molecule has 0 saturated heterocycles. The predicted octanol–water partition coefficient (Wildman–Crippen LogP) is 6.55.